The number of carbonyl (C=O) groups excluding carboxylic acids is 1. The molecule has 1 aliphatic heterocycles. The van der Waals surface area contributed by atoms with E-state index in [-0.39, 0.29) is 12.6 Å². The summed E-state index contributed by atoms with van der Waals surface area (Å²) in [5.41, 5.74) is 1.31. The Balaban J connectivity index is 1.82. The molecule has 134 valence electrons. The van der Waals surface area contributed by atoms with Crippen LogP contribution in [0.1, 0.15) is 10.4 Å². The molecule has 0 saturated heterocycles. The second kappa shape index (κ2) is 7.13. The highest BCUT2D eigenvalue weighted by Gasteiger charge is 2.18. The lowest BCUT2D eigenvalue weighted by Gasteiger charge is -2.04. The fourth-order valence-corrected chi connectivity index (χ4v) is 4.12. The zero-order valence-electron chi connectivity index (χ0n) is 13.9. The Hall–Kier alpha value is -2.32. The number of thiazole rings is 1. The summed E-state index contributed by atoms with van der Waals surface area (Å²) in [5, 5.41) is 0. The Morgan fingerprint density at radius 2 is 2.00 bits per heavy atom. The van der Waals surface area contributed by atoms with E-state index in [0.29, 0.717) is 21.9 Å². The van der Waals surface area contributed by atoms with Crippen LogP contribution in [0.25, 0.3) is 10.2 Å². The number of halogens is 1. The van der Waals surface area contributed by atoms with Gasteiger partial charge in [0, 0.05) is 30.0 Å². The predicted octanol–water partition coefficient (Wildman–Crippen LogP) is 3.67. The van der Waals surface area contributed by atoms with Crippen molar-refractivity contribution in [2.45, 2.75) is 6.54 Å². The number of ether oxygens (including phenoxy) is 2. The van der Waals surface area contributed by atoms with E-state index >= 15 is 0 Å². The summed E-state index contributed by atoms with van der Waals surface area (Å²) in [5.74, 6) is 1.51. The van der Waals surface area contributed by atoms with E-state index in [4.69, 9.17) is 9.47 Å². The van der Waals surface area contributed by atoms with E-state index < -0.39 is 5.91 Å². The lowest BCUT2D eigenvalue weighted by atomic mass is 10.2. The van der Waals surface area contributed by atoms with Crippen LogP contribution in [0.2, 0.25) is 0 Å². The van der Waals surface area contributed by atoms with Crippen molar-refractivity contribution in [3.63, 3.8) is 0 Å². The van der Waals surface area contributed by atoms with Crippen molar-refractivity contribution in [3.05, 3.63) is 52.6 Å². The molecule has 0 fully saturated rings. The second-order valence-corrected chi connectivity index (χ2v) is 7.62. The van der Waals surface area contributed by atoms with Gasteiger partial charge in [0.15, 0.2) is 16.3 Å². The van der Waals surface area contributed by atoms with Crippen LogP contribution in [-0.4, -0.2) is 29.3 Å². The van der Waals surface area contributed by atoms with E-state index in [1.165, 1.54) is 35.6 Å². The second-order valence-electron chi connectivity index (χ2n) is 5.63. The molecule has 0 atom stereocenters. The molecule has 0 radical (unpaired) electrons. The van der Waals surface area contributed by atoms with Gasteiger partial charge in [0.1, 0.15) is 5.82 Å². The monoisotopic (exact) mass is 390 g/mol. The van der Waals surface area contributed by atoms with Crippen LogP contribution in [0.5, 0.6) is 11.5 Å². The molecule has 1 aliphatic rings. The highest BCUT2D eigenvalue weighted by atomic mass is 32.2. The molecule has 0 unspecified atom stereocenters. The quantitative estimate of drug-likeness (QED) is 0.682. The molecule has 26 heavy (non-hydrogen) atoms. The number of aryl methyl sites for hydroxylation is 1. The molecule has 8 heteroatoms. The molecular weight excluding hydrogens is 375 g/mol. The van der Waals surface area contributed by atoms with Gasteiger partial charge in [0.05, 0.1) is 10.2 Å². The van der Waals surface area contributed by atoms with E-state index in [9.17, 15) is 9.18 Å². The Morgan fingerprint density at radius 3 is 2.73 bits per heavy atom. The Labute approximate surface area is 157 Å². The summed E-state index contributed by atoms with van der Waals surface area (Å²) < 4.78 is 27.0. The van der Waals surface area contributed by atoms with Crippen molar-refractivity contribution in [1.82, 2.24) is 4.57 Å². The maximum atomic E-state index is 13.1. The highest BCUT2D eigenvalue weighted by Crippen LogP contribution is 2.37. The Morgan fingerprint density at radius 1 is 1.27 bits per heavy atom. The maximum Gasteiger partial charge on any atom is 0.279 e. The zero-order valence-corrected chi connectivity index (χ0v) is 15.5. The van der Waals surface area contributed by atoms with Crippen molar-refractivity contribution in [2.75, 3.05) is 18.8 Å². The van der Waals surface area contributed by atoms with E-state index in [1.54, 1.807) is 11.8 Å². The molecule has 0 N–H and O–H groups in total. The van der Waals surface area contributed by atoms with Crippen molar-refractivity contribution in [1.29, 1.82) is 0 Å². The first kappa shape index (κ1) is 17.1. The standard InChI is InChI=1S/C18H15FN2O3S2/c1-25-7-6-21-13-8-14-15(24-10-23-14)9-16(13)26-18(21)20-17(22)11-2-4-12(19)5-3-11/h2-5,8-9H,6-7,10H2,1H3. The first-order valence-electron chi connectivity index (χ1n) is 7.92. The van der Waals surface area contributed by atoms with Gasteiger partial charge in [-0.25, -0.2) is 4.39 Å². The molecule has 0 saturated carbocycles. The molecule has 1 amide bonds. The minimum absolute atomic E-state index is 0.220. The van der Waals surface area contributed by atoms with Crippen molar-refractivity contribution < 1.29 is 18.7 Å². The zero-order chi connectivity index (χ0) is 18.1. The molecule has 5 nitrogen and oxygen atoms in total. The number of rotatable bonds is 4. The van der Waals surface area contributed by atoms with Crippen LogP contribution in [0, 0.1) is 5.82 Å². The van der Waals surface area contributed by atoms with Gasteiger partial charge in [0.2, 0.25) is 6.79 Å². The summed E-state index contributed by atoms with van der Waals surface area (Å²) >= 11 is 3.14. The summed E-state index contributed by atoms with van der Waals surface area (Å²) in [6.45, 7) is 0.939. The average molecular weight is 390 g/mol. The van der Waals surface area contributed by atoms with Crippen LogP contribution in [0.4, 0.5) is 4.39 Å². The third kappa shape index (κ3) is 3.22. The topological polar surface area (TPSA) is 52.8 Å². The Kier molecular flexibility index (Phi) is 4.69. The highest BCUT2D eigenvalue weighted by molar-refractivity contribution is 7.98. The number of fused-ring (bicyclic) bond motifs is 2. The molecule has 2 heterocycles. The van der Waals surface area contributed by atoms with Gasteiger partial charge < -0.3 is 14.0 Å². The van der Waals surface area contributed by atoms with E-state index in [2.05, 4.69) is 4.99 Å². The van der Waals surface area contributed by atoms with Crippen LogP contribution < -0.4 is 14.3 Å². The van der Waals surface area contributed by atoms with Gasteiger partial charge >= 0.3 is 0 Å². The minimum atomic E-state index is -0.394. The molecule has 3 aromatic rings. The number of aromatic nitrogens is 1. The number of amides is 1. The van der Waals surface area contributed by atoms with Crippen LogP contribution in [0.15, 0.2) is 41.4 Å². The number of hydrogen-bond donors (Lipinski definition) is 0. The molecule has 1 aromatic heterocycles. The van der Waals surface area contributed by atoms with Gasteiger partial charge in [-0.1, -0.05) is 11.3 Å². The van der Waals surface area contributed by atoms with Crippen LogP contribution >= 0.6 is 23.1 Å². The largest absolute Gasteiger partial charge is 0.454 e. The van der Waals surface area contributed by atoms with Gasteiger partial charge in [-0.2, -0.15) is 16.8 Å². The lowest BCUT2D eigenvalue weighted by molar-refractivity contribution is 0.0998. The summed E-state index contributed by atoms with van der Waals surface area (Å²) in [7, 11) is 0. The van der Waals surface area contributed by atoms with Gasteiger partial charge in [-0.15, -0.1) is 0 Å². The molecule has 0 aliphatic carbocycles. The molecule has 0 spiro atoms. The molecule has 0 bridgehead atoms. The van der Waals surface area contributed by atoms with Gasteiger partial charge in [0.25, 0.3) is 5.91 Å². The fraction of sp³-hybridized carbons (Fsp3) is 0.222. The van der Waals surface area contributed by atoms with Gasteiger partial charge in [-0.3, -0.25) is 4.79 Å². The number of benzene rings is 2. The average Bonchev–Trinajstić information content (AvgIpc) is 3.22. The molecule has 2 aromatic carbocycles. The third-order valence-electron chi connectivity index (χ3n) is 3.98. The number of nitrogens with zero attached hydrogens (tertiary/aromatic N) is 2. The molecular formula is C18H15FN2O3S2. The summed E-state index contributed by atoms with van der Waals surface area (Å²) in [6, 6.07) is 9.24. The SMILES string of the molecule is CSCCn1c(=NC(=O)c2ccc(F)cc2)sc2cc3c(cc21)OCO3. The van der Waals surface area contributed by atoms with Crippen molar-refractivity contribution in [3.8, 4) is 11.5 Å². The smallest absolute Gasteiger partial charge is 0.279 e. The fourth-order valence-electron chi connectivity index (χ4n) is 2.69. The number of hydrogen-bond acceptors (Lipinski definition) is 5. The minimum Gasteiger partial charge on any atom is -0.454 e. The molecule has 4 rings (SSSR count). The maximum absolute atomic E-state index is 13.1. The van der Waals surface area contributed by atoms with Gasteiger partial charge in [-0.05, 0) is 30.5 Å². The Bertz CT molecular complexity index is 1040. The van der Waals surface area contributed by atoms with Crippen LogP contribution in [0.3, 0.4) is 0 Å². The predicted molar refractivity (Wildman–Crippen MR) is 101 cm³/mol. The van der Waals surface area contributed by atoms with E-state index in [0.717, 1.165) is 22.5 Å². The first-order chi connectivity index (χ1) is 12.7. The normalized spacial score (nSPS) is 13.5. The number of thioether (sulfide) groups is 1. The van der Waals surface area contributed by atoms with Crippen molar-refractivity contribution in [2.24, 2.45) is 4.99 Å². The van der Waals surface area contributed by atoms with E-state index in [1.807, 2.05) is 23.0 Å². The lowest BCUT2D eigenvalue weighted by Crippen LogP contribution is -2.18. The number of carbonyl (C=O) groups is 1. The summed E-state index contributed by atoms with van der Waals surface area (Å²) in [6.07, 6.45) is 2.03. The third-order valence-corrected chi connectivity index (χ3v) is 5.62. The summed E-state index contributed by atoms with van der Waals surface area (Å²) in [4.78, 5) is 17.4. The van der Waals surface area contributed by atoms with Crippen LogP contribution in [-0.2, 0) is 6.54 Å². The van der Waals surface area contributed by atoms with Crippen molar-refractivity contribution >= 4 is 39.2 Å². The first-order valence-corrected chi connectivity index (χ1v) is 10.1.